The summed E-state index contributed by atoms with van der Waals surface area (Å²) in [6.07, 6.45) is 0.815. The minimum atomic E-state index is 0.0540. The molecule has 146 valence electrons. The van der Waals surface area contributed by atoms with Gasteiger partial charge in [0.2, 0.25) is 0 Å². The first-order chi connectivity index (χ1) is 13.5. The first-order valence-corrected chi connectivity index (χ1v) is 10.0. The van der Waals surface area contributed by atoms with Crippen LogP contribution in [0.2, 0.25) is 0 Å². The molecule has 0 unspecified atom stereocenters. The molecule has 0 bridgehead atoms. The van der Waals surface area contributed by atoms with E-state index in [-0.39, 0.29) is 5.91 Å². The van der Waals surface area contributed by atoms with E-state index >= 15 is 0 Å². The third kappa shape index (κ3) is 3.59. The second-order valence-electron chi connectivity index (χ2n) is 7.66. The Morgan fingerprint density at radius 2 is 1.89 bits per heavy atom. The average Bonchev–Trinajstić information content (AvgIpc) is 3.31. The van der Waals surface area contributed by atoms with Crippen molar-refractivity contribution in [2.45, 2.75) is 52.7 Å². The minimum Gasteiger partial charge on any atom is -0.330 e. The predicted molar refractivity (Wildman–Crippen MR) is 108 cm³/mol. The lowest BCUT2D eigenvalue weighted by atomic mass is 10.1. The van der Waals surface area contributed by atoms with Crippen LogP contribution in [-0.4, -0.2) is 36.9 Å². The van der Waals surface area contributed by atoms with Gasteiger partial charge in [-0.05, 0) is 30.5 Å². The summed E-state index contributed by atoms with van der Waals surface area (Å²) in [5.41, 5.74) is 5.05. The van der Waals surface area contributed by atoms with Gasteiger partial charge in [0.1, 0.15) is 5.69 Å². The standard InChI is InChI=1S/C22H27N5O/c1-4-26-21(14-20(24-26)16(2)3)22(28)25-10-11-27-19(15-25)13-18(23-27)12-17-8-6-5-7-9-17/h5-9,13-14,16H,4,10-12,15H2,1-3H3. The number of nitrogens with zero attached hydrogens (tertiary/aromatic N) is 5. The molecule has 28 heavy (non-hydrogen) atoms. The summed E-state index contributed by atoms with van der Waals surface area (Å²) in [6.45, 7) is 8.91. The Morgan fingerprint density at radius 3 is 2.61 bits per heavy atom. The van der Waals surface area contributed by atoms with Gasteiger partial charge in [-0.15, -0.1) is 0 Å². The van der Waals surface area contributed by atoms with E-state index in [0.717, 1.165) is 30.0 Å². The molecule has 1 amide bonds. The number of amides is 1. The van der Waals surface area contributed by atoms with E-state index in [0.29, 0.717) is 31.2 Å². The molecule has 1 aliphatic heterocycles. The molecule has 0 N–H and O–H groups in total. The molecule has 0 saturated carbocycles. The van der Waals surface area contributed by atoms with Crippen molar-refractivity contribution in [2.75, 3.05) is 6.54 Å². The summed E-state index contributed by atoms with van der Waals surface area (Å²) in [5.74, 6) is 0.362. The maximum atomic E-state index is 13.2. The lowest BCUT2D eigenvalue weighted by Crippen LogP contribution is -2.39. The van der Waals surface area contributed by atoms with E-state index in [2.05, 4.69) is 37.1 Å². The number of fused-ring (bicyclic) bond motifs is 1. The normalized spacial score (nSPS) is 13.8. The molecule has 0 spiro atoms. The van der Waals surface area contributed by atoms with Crippen LogP contribution in [0.15, 0.2) is 42.5 Å². The Kier molecular flexibility index (Phi) is 5.03. The van der Waals surface area contributed by atoms with E-state index in [1.165, 1.54) is 5.56 Å². The van der Waals surface area contributed by atoms with Crippen LogP contribution in [-0.2, 0) is 26.1 Å². The van der Waals surface area contributed by atoms with E-state index in [1.54, 1.807) is 0 Å². The van der Waals surface area contributed by atoms with Crippen molar-refractivity contribution >= 4 is 5.91 Å². The SMILES string of the molecule is CCn1nc(C(C)C)cc1C(=O)N1CCn2nc(Cc3ccccc3)cc2C1. The second kappa shape index (κ2) is 7.62. The summed E-state index contributed by atoms with van der Waals surface area (Å²) < 4.78 is 3.86. The quantitative estimate of drug-likeness (QED) is 0.684. The Bertz CT molecular complexity index is 970. The second-order valence-corrected chi connectivity index (χ2v) is 7.66. The van der Waals surface area contributed by atoms with Crippen LogP contribution in [0.3, 0.4) is 0 Å². The first kappa shape index (κ1) is 18.5. The molecule has 0 aliphatic carbocycles. The van der Waals surface area contributed by atoms with Gasteiger partial charge in [0, 0.05) is 19.5 Å². The fourth-order valence-corrected chi connectivity index (χ4v) is 3.68. The molecule has 4 rings (SSSR count). The number of carbonyl (C=O) groups excluding carboxylic acids is 1. The van der Waals surface area contributed by atoms with Crippen molar-refractivity contribution in [1.82, 2.24) is 24.5 Å². The lowest BCUT2D eigenvalue weighted by Gasteiger charge is -2.27. The fourth-order valence-electron chi connectivity index (χ4n) is 3.68. The van der Waals surface area contributed by atoms with Gasteiger partial charge in [0.15, 0.2) is 0 Å². The van der Waals surface area contributed by atoms with Crippen LogP contribution >= 0.6 is 0 Å². The number of aromatic nitrogens is 4. The third-order valence-corrected chi connectivity index (χ3v) is 5.27. The van der Waals surface area contributed by atoms with Crippen molar-refractivity contribution in [3.63, 3.8) is 0 Å². The topological polar surface area (TPSA) is 56.0 Å². The van der Waals surface area contributed by atoms with Crippen molar-refractivity contribution in [2.24, 2.45) is 0 Å². The van der Waals surface area contributed by atoms with Crippen molar-refractivity contribution in [3.05, 3.63) is 70.8 Å². The van der Waals surface area contributed by atoms with Gasteiger partial charge >= 0.3 is 0 Å². The van der Waals surface area contributed by atoms with E-state index < -0.39 is 0 Å². The Balaban J connectivity index is 1.52. The Morgan fingerprint density at radius 1 is 1.11 bits per heavy atom. The highest BCUT2D eigenvalue weighted by atomic mass is 16.2. The van der Waals surface area contributed by atoms with Crippen LogP contribution in [0.25, 0.3) is 0 Å². The molecular formula is C22H27N5O. The number of hydrogen-bond acceptors (Lipinski definition) is 3. The van der Waals surface area contributed by atoms with Crippen LogP contribution in [0.1, 0.15) is 59.8 Å². The number of carbonyl (C=O) groups is 1. The smallest absolute Gasteiger partial charge is 0.272 e. The van der Waals surface area contributed by atoms with E-state index in [1.807, 2.05) is 45.5 Å². The molecule has 0 atom stereocenters. The summed E-state index contributed by atoms with van der Waals surface area (Å²) in [4.78, 5) is 15.1. The van der Waals surface area contributed by atoms with Gasteiger partial charge in [0.05, 0.1) is 30.2 Å². The molecule has 0 radical (unpaired) electrons. The Labute approximate surface area is 165 Å². The molecule has 3 aromatic rings. The Hall–Kier alpha value is -2.89. The third-order valence-electron chi connectivity index (χ3n) is 5.27. The van der Waals surface area contributed by atoms with Gasteiger partial charge < -0.3 is 4.90 Å². The summed E-state index contributed by atoms with van der Waals surface area (Å²) in [6, 6.07) is 14.4. The molecule has 2 aromatic heterocycles. The molecule has 3 heterocycles. The van der Waals surface area contributed by atoms with Crippen molar-refractivity contribution < 1.29 is 4.79 Å². The largest absolute Gasteiger partial charge is 0.330 e. The zero-order chi connectivity index (χ0) is 19.7. The predicted octanol–water partition coefficient (Wildman–Crippen LogP) is 3.47. The van der Waals surface area contributed by atoms with Crippen molar-refractivity contribution in [1.29, 1.82) is 0 Å². The van der Waals surface area contributed by atoms with Crippen LogP contribution in [0.5, 0.6) is 0 Å². The molecule has 1 aliphatic rings. The maximum absolute atomic E-state index is 13.2. The van der Waals surface area contributed by atoms with Gasteiger partial charge in [0.25, 0.3) is 5.91 Å². The van der Waals surface area contributed by atoms with E-state index in [9.17, 15) is 4.79 Å². The van der Waals surface area contributed by atoms with Crippen LogP contribution < -0.4 is 0 Å². The zero-order valence-corrected chi connectivity index (χ0v) is 16.8. The van der Waals surface area contributed by atoms with Gasteiger partial charge in [-0.1, -0.05) is 44.2 Å². The number of rotatable bonds is 5. The fraction of sp³-hybridized carbons (Fsp3) is 0.409. The van der Waals surface area contributed by atoms with E-state index in [4.69, 9.17) is 5.10 Å². The van der Waals surface area contributed by atoms with Crippen LogP contribution in [0, 0.1) is 0 Å². The summed E-state index contributed by atoms with van der Waals surface area (Å²) >= 11 is 0. The van der Waals surface area contributed by atoms with Crippen molar-refractivity contribution in [3.8, 4) is 0 Å². The molecule has 6 nitrogen and oxygen atoms in total. The number of aryl methyl sites for hydroxylation is 1. The van der Waals surface area contributed by atoms with Gasteiger partial charge in [-0.25, -0.2) is 0 Å². The summed E-state index contributed by atoms with van der Waals surface area (Å²) in [5, 5.41) is 9.33. The first-order valence-electron chi connectivity index (χ1n) is 10.0. The highest BCUT2D eigenvalue weighted by molar-refractivity contribution is 5.92. The minimum absolute atomic E-state index is 0.0540. The van der Waals surface area contributed by atoms with Gasteiger partial charge in [-0.2, -0.15) is 10.2 Å². The zero-order valence-electron chi connectivity index (χ0n) is 16.8. The maximum Gasteiger partial charge on any atom is 0.272 e. The number of hydrogen-bond donors (Lipinski definition) is 0. The highest BCUT2D eigenvalue weighted by Gasteiger charge is 2.26. The molecule has 0 fully saturated rings. The molecule has 0 saturated heterocycles. The monoisotopic (exact) mass is 377 g/mol. The molecule has 1 aromatic carbocycles. The summed E-state index contributed by atoms with van der Waals surface area (Å²) in [7, 11) is 0. The molecule has 6 heteroatoms. The van der Waals surface area contributed by atoms with Gasteiger partial charge in [-0.3, -0.25) is 14.2 Å². The highest BCUT2D eigenvalue weighted by Crippen LogP contribution is 2.20. The average molecular weight is 377 g/mol. The lowest BCUT2D eigenvalue weighted by molar-refractivity contribution is 0.0693. The van der Waals surface area contributed by atoms with Crippen LogP contribution in [0.4, 0.5) is 0 Å². The number of benzene rings is 1. The molecular weight excluding hydrogens is 350 g/mol.